The molecule has 0 N–H and O–H groups in total. The Morgan fingerprint density at radius 1 is 0.467 bits per heavy atom. The summed E-state index contributed by atoms with van der Waals surface area (Å²) in [6, 6.07) is 0. The van der Waals surface area contributed by atoms with Crippen molar-refractivity contribution >= 4 is 11.9 Å². The summed E-state index contributed by atoms with van der Waals surface area (Å²) in [6.07, 6.45) is 24.5. The molecule has 0 amide bonds. The minimum absolute atomic E-state index is 0.423. The van der Waals surface area contributed by atoms with E-state index in [-0.39, 0.29) is 0 Å². The van der Waals surface area contributed by atoms with E-state index in [1.807, 2.05) is 0 Å². The maximum absolute atomic E-state index is 11.6. The van der Waals surface area contributed by atoms with E-state index >= 15 is 0 Å². The van der Waals surface area contributed by atoms with E-state index in [2.05, 4.69) is 13.8 Å². The monoisotopic (exact) mass is 424 g/mol. The molecule has 4 heteroatoms. The fourth-order valence-electron chi connectivity index (χ4n) is 3.40. The summed E-state index contributed by atoms with van der Waals surface area (Å²) in [7, 11) is 0. The highest BCUT2D eigenvalue weighted by Crippen LogP contribution is 2.10. The minimum atomic E-state index is -0.463. The van der Waals surface area contributed by atoms with Gasteiger partial charge in [-0.25, -0.2) is 9.59 Å². The highest BCUT2D eigenvalue weighted by atomic mass is 16.5. The molecule has 0 aliphatic carbocycles. The lowest BCUT2D eigenvalue weighted by molar-refractivity contribution is -0.140. The predicted octanol–water partition coefficient (Wildman–Crippen LogP) is 7.69. The standard InChI is InChI=1S/C26H48O4/c1-3-5-7-9-11-13-15-17-19-23-29-25(27)21-22-26(28)30-24-20-18-16-14-12-10-8-6-4-2/h21-22H,3-20,23-24H2,1-2H3/b22-21+. The molecule has 0 aliphatic rings. The first kappa shape index (κ1) is 28.7. The molecule has 176 valence electrons. The van der Waals surface area contributed by atoms with Gasteiger partial charge in [0.25, 0.3) is 0 Å². The van der Waals surface area contributed by atoms with E-state index < -0.39 is 11.9 Å². The van der Waals surface area contributed by atoms with Crippen molar-refractivity contribution in [3.8, 4) is 0 Å². The molecule has 0 saturated carbocycles. The summed E-state index contributed by atoms with van der Waals surface area (Å²) in [6.45, 7) is 5.31. The van der Waals surface area contributed by atoms with Crippen LogP contribution in [0.2, 0.25) is 0 Å². The topological polar surface area (TPSA) is 52.6 Å². The van der Waals surface area contributed by atoms with Gasteiger partial charge in [-0.2, -0.15) is 0 Å². The third kappa shape index (κ3) is 23.0. The molecule has 0 aromatic carbocycles. The molecule has 0 atom stereocenters. The van der Waals surface area contributed by atoms with Crippen LogP contribution in [0.3, 0.4) is 0 Å². The van der Waals surface area contributed by atoms with Crippen LogP contribution >= 0.6 is 0 Å². The minimum Gasteiger partial charge on any atom is -0.463 e. The Labute approximate surface area is 186 Å². The molecule has 0 rings (SSSR count). The molecular formula is C26H48O4. The van der Waals surface area contributed by atoms with Gasteiger partial charge in [0.05, 0.1) is 13.2 Å². The number of hydrogen-bond acceptors (Lipinski definition) is 4. The van der Waals surface area contributed by atoms with Crippen molar-refractivity contribution in [2.24, 2.45) is 0 Å². The van der Waals surface area contributed by atoms with Crippen LogP contribution in [0.4, 0.5) is 0 Å². The number of unbranched alkanes of at least 4 members (excludes halogenated alkanes) is 16. The third-order valence-electron chi connectivity index (χ3n) is 5.34. The van der Waals surface area contributed by atoms with Crippen molar-refractivity contribution < 1.29 is 19.1 Å². The summed E-state index contributed by atoms with van der Waals surface area (Å²) in [5, 5.41) is 0. The van der Waals surface area contributed by atoms with Gasteiger partial charge in [-0.15, -0.1) is 0 Å². The Hall–Kier alpha value is -1.32. The van der Waals surface area contributed by atoms with E-state index in [9.17, 15) is 9.59 Å². The normalized spacial score (nSPS) is 11.1. The van der Waals surface area contributed by atoms with Gasteiger partial charge in [0.15, 0.2) is 0 Å². The van der Waals surface area contributed by atoms with Crippen molar-refractivity contribution in [1.29, 1.82) is 0 Å². The number of esters is 2. The van der Waals surface area contributed by atoms with E-state index in [4.69, 9.17) is 9.47 Å². The van der Waals surface area contributed by atoms with Crippen LogP contribution in [0.5, 0.6) is 0 Å². The van der Waals surface area contributed by atoms with Gasteiger partial charge in [0.2, 0.25) is 0 Å². The van der Waals surface area contributed by atoms with E-state index in [1.54, 1.807) is 0 Å². The molecule has 0 saturated heterocycles. The zero-order chi connectivity index (χ0) is 22.1. The van der Waals surface area contributed by atoms with Crippen molar-refractivity contribution in [3.63, 3.8) is 0 Å². The van der Waals surface area contributed by atoms with Gasteiger partial charge < -0.3 is 9.47 Å². The first-order valence-corrected chi connectivity index (χ1v) is 12.7. The average molecular weight is 425 g/mol. The molecular weight excluding hydrogens is 376 g/mol. The third-order valence-corrected chi connectivity index (χ3v) is 5.34. The van der Waals surface area contributed by atoms with Crippen molar-refractivity contribution in [2.45, 2.75) is 129 Å². The Balaban J connectivity index is 3.41. The summed E-state index contributed by atoms with van der Waals surface area (Å²) in [5.41, 5.74) is 0. The summed E-state index contributed by atoms with van der Waals surface area (Å²) >= 11 is 0. The van der Waals surface area contributed by atoms with Crippen LogP contribution < -0.4 is 0 Å². The highest BCUT2D eigenvalue weighted by molar-refractivity contribution is 5.91. The molecule has 0 aliphatic heterocycles. The first-order valence-electron chi connectivity index (χ1n) is 12.7. The van der Waals surface area contributed by atoms with Gasteiger partial charge in [-0.1, -0.05) is 117 Å². The van der Waals surface area contributed by atoms with Gasteiger partial charge in [-0.3, -0.25) is 0 Å². The highest BCUT2D eigenvalue weighted by Gasteiger charge is 2.01. The Bertz CT molecular complexity index is 379. The van der Waals surface area contributed by atoms with Gasteiger partial charge in [-0.05, 0) is 12.8 Å². The molecule has 0 bridgehead atoms. The molecule has 0 fully saturated rings. The number of carbonyl (C=O) groups excluding carboxylic acids is 2. The lowest BCUT2D eigenvalue weighted by Crippen LogP contribution is -2.06. The summed E-state index contributed by atoms with van der Waals surface area (Å²) < 4.78 is 10.2. The molecule has 4 nitrogen and oxygen atoms in total. The second-order valence-electron chi connectivity index (χ2n) is 8.33. The number of rotatable bonds is 22. The van der Waals surface area contributed by atoms with Crippen LogP contribution in [0, 0.1) is 0 Å². The number of carbonyl (C=O) groups is 2. The van der Waals surface area contributed by atoms with Gasteiger partial charge in [0.1, 0.15) is 0 Å². The smallest absolute Gasteiger partial charge is 0.331 e. The van der Waals surface area contributed by atoms with Crippen LogP contribution in [0.15, 0.2) is 12.2 Å². The molecule has 0 unspecified atom stereocenters. The zero-order valence-electron chi connectivity index (χ0n) is 19.9. The van der Waals surface area contributed by atoms with Crippen LogP contribution in [-0.4, -0.2) is 25.2 Å². The maximum Gasteiger partial charge on any atom is 0.331 e. The second-order valence-corrected chi connectivity index (χ2v) is 8.33. The van der Waals surface area contributed by atoms with E-state index in [0.29, 0.717) is 13.2 Å². The van der Waals surface area contributed by atoms with Crippen molar-refractivity contribution in [3.05, 3.63) is 12.2 Å². The number of hydrogen-bond donors (Lipinski definition) is 0. The van der Waals surface area contributed by atoms with Gasteiger partial charge in [0, 0.05) is 12.2 Å². The fraction of sp³-hybridized carbons (Fsp3) is 0.846. The average Bonchev–Trinajstić information content (AvgIpc) is 2.75. The van der Waals surface area contributed by atoms with E-state index in [1.165, 1.54) is 102 Å². The largest absolute Gasteiger partial charge is 0.463 e. The lowest BCUT2D eigenvalue weighted by atomic mass is 10.1. The summed E-state index contributed by atoms with van der Waals surface area (Å²) in [5.74, 6) is -0.927. The second kappa shape index (κ2) is 24.0. The molecule has 0 heterocycles. The molecule has 0 radical (unpaired) electrons. The maximum atomic E-state index is 11.6. The SMILES string of the molecule is CCCCCCCCCCCOC(=O)/C=C/C(=O)OCCCCCCCCCCC. The Kier molecular flexibility index (Phi) is 22.9. The quantitative estimate of drug-likeness (QED) is 0.101. The number of ether oxygens (including phenoxy) is 2. The zero-order valence-corrected chi connectivity index (χ0v) is 19.9. The Morgan fingerprint density at radius 3 is 1.03 bits per heavy atom. The molecule has 0 aromatic rings. The predicted molar refractivity (Wildman–Crippen MR) is 126 cm³/mol. The molecule has 0 spiro atoms. The van der Waals surface area contributed by atoms with E-state index in [0.717, 1.165) is 25.7 Å². The lowest BCUT2D eigenvalue weighted by Gasteiger charge is -2.04. The van der Waals surface area contributed by atoms with Crippen molar-refractivity contribution in [1.82, 2.24) is 0 Å². The van der Waals surface area contributed by atoms with Crippen LogP contribution in [0.25, 0.3) is 0 Å². The fourth-order valence-corrected chi connectivity index (χ4v) is 3.40. The first-order chi connectivity index (χ1) is 14.7. The molecule has 30 heavy (non-hydrogen) atoms. The summed E-state index contributed by atoms with van der Waals surface area (Å²) in [4.78, 5) is 23.2. The van der Waals surface area contributed by atoms with Crippen molar-refractivity contribution in [2.75, 3.05) is 13.2 Å². The van der Waals surface area contributed by atoms with Crippen LogP contribution in [-0.2, 0) is 19.1 Å². The molecule has 0 aromatic heterocycles. The Morgan fingerprint density at radius 2 is 0.733 bits per heavy atom. The van der Waals surface area contributed by atoms with Crippen LogP contribution in [0.1, 0.15) is 129 Å². The van der Waals surface area contributed by atoms with Gasteiger partial charge >= 0.3 is 11.9 Å².